The molecular formula is C14H29N3O3S. The summed E-state index contributed by atoms with van der Waals surface area (Å²) in [5, 5.41) is 0. The Labute approximate surface area is 128 Å². The highest BCUT2D eigenvalue weighted by Crippen LogP contribution is 2.14. The molecule has 0 spiro atoms. The molecule has 1 saturated heterocycles. The fraction of sp³-hybridized carbons (Fsp3) is 0.929. The molecule has 0 aromatic carbocycles. The highest BCUT2D eigenvalue weighted by Gasteiger charge is 2.24. The number of hydrogen-bond acceptors (Lipinski definition) is 4. The fourth-order valence-electron chi connectivity index (χ4n) is 2.52. The largest absolute Gasteiger partial charge is 0.343 e. The van der Waals surface area contributed by atoms with Crippen molar-refractivity contribution < 1.29 is 13.2 Å². The minimum atomic E-state index is -3.14. The second kappa shape index (κ2) is 9.38. The summed E-state index contributed by atoms with van der Waals surface area (Å²) in [6.07, 6.45) is 6.09. The van der Waals surface area contributed by atoms with Crippen LogP contribution in [0.15, 0.2) is 0 Å². The molecule has 1 rings (SSSR count). The third kappa shape index (κ3) is 7.24. The quantitative estimate of drug-likeness (QED) is 0.616. The lowest BCUT2D eigenvalue weighted by molar-refractivity contribution is -0.132. The first kappa shape index (κ1) is 18.4. The number of unbranched alkanes of at least 4 members (excludes halogenated alkanes) is 3. The van der Waals surface area contributed by atoms with Gasteiger partial charge >= 0.3 is 0 Å². The first-order valence-corrected chi connectivity index (χ1v) is 9.61. The van der Waals surface area contributed by atoms with Crippen LogP contribution < -0.4 is 10.5 Å². The molecule has 1 fully saturated rings. The summed E-state index contributed by atoms with van der Waals surface area (Å²) in [6, 6.07) is -0.0245. The Morgan fingerprint density at radius 3 is 2.38 bits per heavy atom. The van der Waals surface area contributed by atoms with Crippen LogP contribution in [0.25, 0.3) is 0 Å². The van der Waals surface area contributed by atoms with E-state index in [2.05, 4.69) is 4.72 Å². The van der Waals surface area contributed by atoms with Gasteiger partial charge in [0.25, 0.3) is 0 Å². The van der Waals surface area contributed by atoms with Gasteiger partial charge in [-0.1, -0.05) is 12.8 Å². The number of piperidine rings is 1. The van der Waals surface area contributed by atoms with E-state index in [1.165, 1.54) is 0 Å². The molecule has 3 N–H and O–H groups in total. The van der Waals surface area contributed by atoms with Crippen molar-refractivity contribution in [2.45, 2.75) is 57.9 Å². The second-order valence-electron chi connectivity index (χ2n) is 5.63. The van der Waals surface area contributed by atoms with E-state index >= 15 is 0 Å². The minimum Gasteiger partial charge on any atom is -0.343 e. The standard InChI is InChI=1S/C14H29N3O3S/c1-2-21(19,20)16-13-8-11-17(12-9-13)14(18)7-5-3-4-6-10-15/h13,16H,2-12,15H2,1H3. The third-order valence-electron chi connectivity index (χ3n) is 3.92. The topological polar surface area (TPSA) is 92.5 Å². The number of nitrogens with one attached hydrogen (secondary N) is 1. The molecule has 1 heterocycles. The number of carbonyl (C=O) groups excluding carboxylic acids is 1. The van der Waals surface area contributed by atoms with Gasteiger partial charge in [0.2, 0.25) is 15.9 Å². The van der Waals surface area contributed by atoms with Gasteiger partial charge in [-0.3, -0.25) is 4.79 Å². The molecule has 7 heteroatoms. The van der Waals surface area contributed by atoms with Crippen molar-refractivity contribution in [1.82, 2.24) is 9.62 Å². The summed E-state index contributed by atoms with van der Waals surface area (Å²) in [5.74, 6) is 0.300. The molecule has 1 amide bonds. The smallest absolute Gasteiger partial charge is 0.222 e. The van der Waals surface area contributed by atoms with Gasteiger partial charge in [0.05, 0.1) is 5.75 Å². The van der Waals surface area contributed by atoms with Crippen LogP contribution in [-0.2, 0) is 14.8 Å². The van der Waals surface area contributed by atoms with Crippen LogP contribution in [0.5, 0.6) is 0 Å². The number of nitrogens with zero attached hydrogens (tertiary/aromatic N) is 1. The number of sulfonamides is 1. The van der Waals surface area contributed by atoms with Crippen molar-refractivity contribution >= 4 is 15.9 Å². The fourth-order valence-corrected chi connectivity index (χ4v) is 3.43. The van der Waals surface area contributed by atoms with Crippen molar-refractivity contribution in [3.63, 3.8) is 0 Å². The Bertz CT molecular complexity index is 404. The van der Waals surface area contributed by atoms with Gasteiger partial charge in [-0.2, -0.15) is 0 Å². The van der Waals surface area contributed by atoms with Gasteiger partial charge < -0.3 is 10.6 Å². The Hall–Kier alpha value is -0.660. The zero-order chi connectivity index (χ0) is 15.7. The molecule has 21 heavy (non-hydrogen) atoms. The summed E-state index contributed by atoms with van der Waals surface area (Å²) < 4.78 is 25.7. The van der Waals surface area contributed by atoms with Crippen LogP contribution in [0, 0.1) is 0 Å². The van der Waals surface area contributed by atoms with E-state index in [-0.39, 0.29) is 17.7 Å². The SMILES string of the molecule is CCS(=O)(=O)NC1CCN(C(=O)CCCCCCN)CC1. The zero-order valence-electron chi connectivity index (χ0n) is 13.0. The van der Waals surface area contributed by atoms with Crippen molar-refractivity contribution in [2.24, 2.45) is 5.73 Å². The Morgan fingerprint density at radius 2 is 1.81 bits per heavy atom. The number of nitrogens with two attached hydrogens (primary N) is 1. The number of likely N-dealkylation sites (tertiary alicyclic amines) is 1. The van der Waals surface area contributed by atoms with E-state index in [0.29, 0.717) is 32.4 Å². The number of hydrogen-bond donors (Lipinski definition) is 2. The summed E-state index contributed by atoms with van der Waals surface area (Å²) in [7, 11) is -3.14. The highest BCUT2D eigenvalue weighted by atomic mass is 32.2. The van der Waals surface area contributed by atoms with E-state index < -0.39 is 10.0 Å². The average molecular weight is 319 g/mol. The monoisotopic (exact) mass is 319 g/mol. The van der Waals surface area contributed by atoms with Crippen molar-refractivity contribution in [2.75, 3.05) is 25.4 Å². The molecule has 0 bridgehead atoms. The zero-order valence-corrected chi connectivity index (χ0v) is 13.8. The van der Waals surface area contributed by atoms with Crippen LogP contribution in [0.1, 0.15) is 51.9 Å². The third-order valence-corrected chi connectivity index (χ3v) is 5.37. The van der Waals surface area contributed by atoms with Gasteiger partial charge in [-0.25, -0.2) is 13.1 Å². The van der Waals surface area contributed by atoms with Crippen molar-refractivity contribution in [3.05, 3.63) is 0 Å². The molecule has 1 aliphatic heterocycles. The van der Waals surface area contributed by atoms with E-state index in [9.17, 15) is 13.2 Å². The molecule has 0 aromatic rings. The number of rotatable bonds is 9. The van der Waals surface area contributed by atoms with Gasteiger partial charge in [-0.05, 0) is 39.2 Å². The maximum atomic E-state index is 12.0. The Balaban J connectivity index is 2.21. The predicted molar refractivity (Wildman–Crippen MR) is 84.3 cm³/mol. The molecule has 1 aliphatic rings. The summed E-state index contributed by atoms with van der Waals surface area (Å²) in [4.78, 5) is 13.9. The average Bonchev–Trinajstić information content (AvgIpc) is 2.47. The lowest BCUT2D eigenvalue weighted by Crippen LogP contribution is -2.46. The molecule has 124 valence electrons. The van der Waals surface area contributed by atoms with Crippen LogP contribution in [0.4, 0.5) is 0 Å². The van der Waals surface area contributed by atoms with Crippen molar-refractivity contribution in [1.29, 1.82) is 0 Å². The Kier molecular flexibility index (Phi) is 8.21. The number of amides is 1. The first-order valence-electron chi connectivity index (χ1n) is 7.96. The molecule has 6 nitrogen and oxygen atoms in total. The summed E-state index contributed by atoms with van der Waals surface area (Å²) >= 11 is 0. The van der Waals surface area contributed by atoms with E-state index in [1.807, 2.05) is 4.90 Å². The molecule has 0 aliphatic carbocycles. The normalized spacial score (nSPS) is 17.1. The molecule has 0 saturated carbocycles. The number of carbonyl (C=O) groups is 1. The van der Waals surface area contributed by atoms with E-state index in [1.54, 1.807) is 6.92 Å². The first-order chi connectivity index (χ1) is 9.98. The van der Waals surface area contributed by atoms with Crippen LogP contribution in [0.2, 0.25) is 0 Å². The molecule has 0 unspecified atom stereocenters. The lowest BCUT2D eigenvalue weighted by atomic mass is 10.1. The summed E-state index contributed by atoms with van der Waals surface area (Å²) in [5.41, 5.74) is 5.43. The maximum Gasteiger partial charge on any atom is 0.222 e. The molecule has 0 radical (unpaired) electrons. The predicted octanol–water partition coefficient (Wildman–Crippen LogP) is 0.826. The van der Waals surface area contributed by atoms with Gasteiger partial charge in [0, 0.05) is 25.6 Å². The highest BCUT2D eigenvalue weighted by molar-refractivity contribution is 7.89. The van der Waals surface area contributed by atoms with Crippen LogP contribution >= 0.6 is 0 Å². The molecule has 0 atom stereocenters. The van der Waals surface area contributed by atoms with Gasteiger partial charge in [-0.15, -0.1) is 0 Å². The second-order valence-corrected chi connectivity index (χ2v) is 7.67. The minimum absolute atomic E-state index is 0.0245. The summed E-state index contributed by atoms with van der Waals surface area (Å²) in [6.45, 7) is 3.65. The van der Waals surface area contributed by atoms with Crippen LogP contribution in [-0.4, -0.2) is 50.7 Å². The lowest BCUT2D eigenvalue weighted by Gasteiger charge is -2.32. The molecular weight excluding hydrogens is 290 g/mol. The van der Waals surface area contributed by atoms with Gasteiger partial charge in [0.1, 0.15) is 0 Å². The van der Waals surface area contributed by atoms with Crippen molar-refractivity contribution in [3.8, 4) is 0 Å². The Morgan fingerprint density at radius 1 is 1.19 bits per heavy atom. The van der Waals surface area contributed by atoms with Crippen LogP contribution in [0.3, 0.4) is 0 Å². The van der Waals surface area contributed by atoms with E-state index in [4.69, 9.17) is 5.73 Å². The van der Waals surface area contributed by atoms with Gasteiger partial charge in [0.15, 0.2) is 0 Å². The maximum absolute atomic E-state index is 12.0. The van der Waals surface area contributed by atoms with E-state index in [0.717, 1.165) is 32.2 Å². The molecule has 0 aromatic heterocycles.